The molecule has 92 valence electrons. The van der Waals surface area contributed by atoms with Gasteiger partial charge in [0.05, 0.1) is 5.69 Å². The van der Waals surface area contributed by atoms with Crippen LogP contribution in [0.2, 0.25) is 0 Å². The van der Waals surface area contributed by atoms with Gasteiger partial charge >= 0.3 is 0 Å². The number of hydrogen-bond donors (Lipinski definition) is 1. The lowest BCUT2D eigenvalue weighted by Crippen LogP contribution is -2.15. The van der Waals surface area contributed by atoms with Crippen molar-refractivity contribution in [3.63, 3.8) is 0 Å². The largest absolute Gasteiger partial charge is 0.306 e. The Balaban J connectivity index is 2.18. The van der Waals surface area contributed by atoms with Crippen LogP contribution in [0.15, 0.2) is 27.5 Å². The third-order valence-corrected chi connectivity index (χ3v) is 3.88. The maximum atomic E-state index is 12.0. The summed E-state index contributed by atoms with van der Waals surface area (Å²) in [6.45, 7) is 2.02. The van der Waals surface area contributed by atoms with Crippen LogP contribution in [0.3, 0.4) is 0 Å². The van der Waals surface area contributed by atoms with E-state index in [1.165, 1.54) is 0 Å². The zero-order chi connectivity index (χ0) is 12.7. The fourth-order valence-corrected chi connectivity index (χ4v) is 2.94. The minimum Gasteiger partial charge on any atom is -0.306 e. The van der Waals surface area contributed by atoms with Crippen LogP contribution in [0.4, 0.5) is 0 Å². The fraction of sp³-hybridized carbons (Fsp3) is 0.286. The highest BCUT2D eigenvalue weighted by Crippen LogP contribution is 2.25. The lowest BCUT2D eigenvalue weighted by atomic mass is 10.1. The van der Waals surface area contributed by atoms with Crippen molar-refractivity contribution in [1.29, 1.82) is 0 Å². The summed E-state index contributed by atoms with van der Waals surface area (Å²) in [5.74, 6) is 0.686. The molecule has 0 spiro atoms. The van der Waals surface area contributed by atoms with Crippen molar-refractivity contribution in [2.45, 2.75) is 26.2 Å². The number of rotatable bonds is 1. The van der Waals surface area contributed by atoms with Crippen LogP contribution in [0.1, 0.15) is 23.2 Å². The minimum atomic E-state index is 0.0230. The lowest BCUT2D eigenvalue weighted by molar-refractivity contribution is 0.899. The van der Waals surface area contributed by atoms with E-state index < -0.39 is 0 Å². The van der Waals surface area contributed by atoms with E-state index in [9.17, 15) is 4.79 Å². The molecule has 4 heteroatoms. The molecule has 0 amide bonds. The molecule has 0 atom stereocenters. The van der Waals surface area contributed by atoms with Crippen LogP contribution >= 0.6 is 15.9 Å². The van der Waals surface area contributed by atoms with Crippen molar-refractivity contribution in [2.75, 3.05) is 0 Å². The Morgan fingerprint density at radius 2 is 2.17 bits per heavy atom. The van der Waals surface area contributed by atoms with Gasteiger partial charge in [0.2, 0.25) is 0 Å². The van der Waals surface area contributed by atoms with Crippen LogP contribution in [0, 0.1) is 6.92 Å². The van der Waals surface area contributed by atoms with Crippen molar-refractivity contribution >= 4 is 15.9 Å². The van der Waals surface area contributed by atoms with Crippen LogP contribution < -0.4 is 5.56 Å². The first-order valence-corrected chi connectivity index (χ1v) is 6.83. The number of halogens is 1. The van der Waals surface area contributed by atoms with E-state index in [1.54, 1.807) is 0 Å². The Labute approximate surface area is 113 Å². The first-order valence-electron chi connectivity index (χ1n) is 6.04. The van der Waals surface area contributed by atoms with E-state index in [0.717, 1.165) is 46.1 Å². The van der Waals surface area contributed by atoms with Crippen molar-refractivity contribution in [3.8, 4) is 11.4 Å². The molecule has 0 aliphatic heterocycles. The molecule has 2 aromatic rings. The molecule has 3 rings (SSSR count). The smallest absolute Gasteiger partial charge is 0.254 e. The summed E-state index contributed by atoms with van der Waals surface area (Å²) in [5.41, 5.74) is 3.95. The van der Waals surface area contributed by atoms with Gasteiger partial charge in [-0.3, -0.25) is 4.79 Å². The first-order chi connectivity index (χ1) is 8.65. The second-order valence-electron chi connectivity index (χ2n) is 4.65. The SMILES string of the molecule is Cc1cc(Br)ccc1-c1nc2c(c(=O)[nH]1)CCC2. The van der Waals surface area contributed by atoms with E-state index >= 15 is 0 Å². The van der Waals surface area contributed by atoms with Crippen LogP contribution in [-0.2, 0) is 12.8 Å². The maximum Gasteiger partial charge on any atom is 0.254 e. The molecule has 18 heavy (non-hydrogen) atoms. The van der Waals surface area contributed by atoms with Crippen molar-refractivity contribution < 1.29 is 0 Å². The van der Waals surface area contributed by atoms with Crippen molar-refractivity contribution in [3.05, 3.63) is 49.8 Å². The van der Waals surface area contributed by atoms with Gasteiger partial charge in [-0.15, -0.1) is 0 Å². The molecule has 3 nitrogen and oxygen atoms in total. The van der Waals surface area contributed by atoms with Gasteiger partial charge in [-0.1, -0.05) is 15.9 Å². The summed E-state index contributed by atoms with van der Waals surface area (Å²) in [6, 6.07) is 5.98. The number of aryl methyl sites for hydroxylation is 2. The number of benzene rings is 1. The zero-order valence-electron chi connectivity index (χ0n) is 10.1. The summed E-state index contributed by atoms with van der Waals surface area (Å²) in [5, 5.41) is 0. The molecule has 0 saturated carbocycles. The van der Waals surface area contributed by atoms with Crippen LogP contribution in [-0.4, -0.2) is 9.97 Å². The number of hydrogen-bond acceptors (Lipinski definition) is 2. The van der Waals surface area contributed by atoms with E-state index in [0.29, 0.717) is 5.82 Å². The topological polar surface area (TPSA) is 45.8 Å². The number of nitrogens with one attached hydrogen (secondary N) is 1. The van der Waals surface area contributed by atoms with E-state index in [2.05, 4.69) is 25.9 Å². The predicted octanol–water partition coefficient (Wildman–Crippen LogP) is 3.00. The van der Waals surface area contributed by atoms with E-state index in [1.807, 2.05) is 25.1 Å². The average molecular weight is 305 g/mol. The highest BCUT2D eigenvalue weighted by atomic mass is 79.9. The third kappa shape index (κ3) is 1.90. The zero-order valence-corrected chi connectivity index (χ0v) is 11.7. The lowest BCUT2D eigenvalue weighted by Gasteiger charge is -2.07. The number of H-pyrrole nitrogens is 1. The summed E-state index contributed by atoms with van der Waals surface area (Å²) in [4.78, 5) is 19.5. The van der Waals surface area contributed by atoms with Gasteiger partial charge in [-0.05, 0) is 49.9 Å². The normalized spacial score (nSPS) is 13.7. The molecular weight excluding hydrogens is 292 g/mol. The highest BCUT2D eigenvalue weighted by molar-refractivity contribution is 9.10. The van der Waals surface area contributed by atoms with Gasteiger partial charge in [-0.25, -0.2) is 4.98 Å². The molecule has 1 N–H and O–H groups in total. The Morgan fingerprint density at radius 1 is 1.33 bits per heavy atom. The van der Waals surface area contributed by atoms with Crippen molar-refractivity contribution in [1.82, 2.24) is 9.97 Å². The summed E-state index contributed by atoms with van der Waals surface area (Å²) < 4.78 is 1.03. The predicted molar refractivity (Wildman–Crippen MR) is 74.8 cm³/mol. The number of nitrogens with zero attached hydrogens (tertiary/aromatic N) is 1. The second kappa shape index (κ2) is 4.35. The number of aromatic amines is 1. The molecule has 0 unspecified atom stereocenters. The third-order valence-electron chi connectivity index (χ3n) is 3.39. The molecular formula is C14H13BrN2O. The van der Waals surface area contributed by atoms with E-state index in [4.69, 9.17) is 0 Å². The number of aromatic nitrogens is 2. The highest BCUT2D eigenvalue weighted by Gasteiger charge is 2.18. The van der Waals surface area contributed by atoms with Gasteiger partial charge in [0.1, 0.15) is 5.82 Å². The monoisotopic (exact) mass is 304 g/mol. The van der Waals surface area contributed by atoms with Gasteiger partial charge in [0.25, 0.3) is 5.56 Å². The number of fused-ring (bicyclic) bond motifs is 1. The quantitative estimate of drug-likeness (QED) is 0.880. The molecule has 0 fully saturated rings. The summed E-state index contributed by atoms with van der Waals surface area (Å²) >= 11 is 3.44. The molecule has 0 saturated heterocycles. The molecule has 1 aliphatic rings. The molecule has 1 aromatic carbocycles. The fourth-order valence-electron chi connectivity index (χ4n) is 2.46. The van der Waals surface area contributed by atoms with Gasteiger partial charge in [0.15, 0.2) is 0 Å². The van der Waals surface area contributed by atoms with Gasteiger partial charge < -0.3 is 4.98 Å². The van der Waals surface area contributed by atoms with Crippen LogP contribution in [0.25, 0.3) is 11.4 Å². The molecule has 1 aliphatic carbocycles. The average Bonchev–Trinajstić information content (AvgIpc) is 2.77. The Hall–Kier alpha value is -1.42. The maximum absolute atomic E-state index is 12.0. The molecule has 0 bridgehead atoms. The molecule has 1 heterocycles. The Kier molecular flexibility index (Phi) is 2.82. The van der Waals surface area contributed by atoms with Gasteiger partial charge in [0, 0.05) is 15.6 Å². The Bertz CT molecular complexity index is 676. The van der Waals surface area contributed by atoms with Crippen molar-refractivity contribution in [2.24, 2.45) is 0 Å². The van der Waals surface area contributed by atoms with Gasteiger partial charge in [-0.2, -0.15) is 0 Å². The molecule has 1 aromatic heterocycles. The Morgan fingerprint density at radius 3 is 2.94 bits per heavy atom. The molecule has 0 radical (unpaired) electrons. The summed E-state index contributed by atoms with van der Waals surface area (Å²) in [7, 11) is 0. The second-order valence-corrected chi connectivity index (χ2v) is 5.57. The van der Waals surface area contributed by atoms with Crippen LogP contribution in [0.5, 0.6) is 0 Å². The standard InChI is InChI=1S/C14H13BrN2O/c1-8-7-9(15)5-6-10(8)13-16-12-4-2-3-11(12)14(18)17-13/h5-7H,2-4H2,1H3,(H,16,17,18). The first kappa shape index (κ1) is 11.7. The minimum absolute atomic E-state index is 0.0230. The van der Waals surface area contributed by atoms with E-state index in [-0.39, 0.29) is 5.56 Å². The summed E-state index contributed by atoms with van der Waals surface area (Å²) in [6.07, 6.45) is 2.81.